The Kier molecular flexibility index (Phi) is 3.56. The van der Waals surface area contributed by atoms with Gasteiger partial charge in [0.05, 0.1) is 5.54 Å². The molecule has 0 spiro atoms. The molecular weight excluding hydrogens is 260 g/mol. The van der Waals surface area contributed by atoms with Crippen molar-refractivity contribution >= 4 is 5.91 Å². The van der Waals surface area contributed by atoms with Crippen LogP contribution in [0.2, 0.25) is 0 Å². The smallest absolute Gasteiger partial charge is 0.244 e. The summed E-state index contributed by atoms with van der Waals surface area (Å²) >= 11 is 0. The van der Waals surface area contributed by atoms with Gasteiger partial charge in [-0.05, 0) is 44.1 Å². The summed E-state index contributed by atoms with van der Waals surface area (Å²) in [5.41, 5.74) is 2.02. The summed E-state index contributed by atoms with van der Waals surface area (Å²) in [6, 6.07) is 8.50. The third-order valence-corrected chi connectivity index (χ3v) is 5.27. The summed E-state index contributed by atoms with van der Waals surface area (Å²) < 4.78 is 0. The molecule has 3 heteroatoms. The van der Waals surface area contributed by atoms with E-state index in [9.17, 15) is 4.79 Å². The van der Waals surface area contributed by atoms with Crippen molar-refractivity contribution in [2.45, 2.75) is 52.2 Å². The minimum absolute atomic E-state index is 0.0233. The highest BCUT2D eigenvalue weighted by molar-refractivity contribution is 5.88. The molecule has 4 unspecified atom stereocenters. The predicted octanol–water partition coefficient (Wildman–Crippen LogP) is 3.25. The van der Waals surface area contributed by atoms with Crippen LogP contribution in [0.15, 0.2) is 24.3 Å². The summed E-state index contributed by atoms with van der Waals surface area (Å²) in [4.78, 5) is 14.9. The molecule has 0 aromatic heterocycles. The van der Waals surface area contributed by atoms with Gasteiger partial charge < -0.3 is 4.90 Å². The zero-order chi connectivity index (χ0) is 15.2. The number of amides is 1. The highest BCUT2D eigenvalue weighted by Crippen LogP contribution is 2.42. The van der Waals surface area contributed by atoms with Crippen LogP contribution < -0.4 is 5.32 Å². The topological polar surface area (TPSA) is 32.3 Å². The molecule has 1 aliphatic heterocycles. The molecule has 1 heterocycles. The predicted molar refractivity (Wildman–Crippen MR) is 84.7 cm³/mol. The summed E-state index contributed by atoms with van der Waals surface area (Å²) in [6.45, 7) is 9.39. The molecular formula is C18H26N2O. The fourth-order valence-electron chi connectivity index (χ4n) is 3.33. The molecule has 2 fully saturated rings. The molecule has 1 saturated carbocycles. The van der Waals surface area contributed by atoms with Gasteiger partial charge in [-0.1, -0.05) is 43.7 Å². The van der Waals surface area contributed by atoms with Crippen LogP contribution in [-0.4, -0.2) is 22.9 Å². The lowest BCUT2D eigenvalue weighted by molar-refractivity contribution is -0.133. The van der Waals surface area contributed by atoms with Crippen molar-refractivity contribution in [3.63, 3.8) is 0 Å². The lowest BCUT2D eigenvalue weighted by Crippen LogP contribution is -2.43. The van der Waals surface area contributed by atoms with E-state index in [0.29, 0.717) is 5.92 Å². The first-order chi connectivity index (χ1) is 9.94. The van der Waals surface area contributed by atoms with Crippen LogP contribution in [0.1, 0.15) is 50.9 Å². The van der Waals surface area contributed by atoms with Crippen LogP contribution in [0, 0.1) is 18.8 Å². The largest absolute Gasteiger partial charge is 0.321 e. The van der Waals surface area contributed by atoms with Crippen molar-refractivity contribution < 1.29 is 4.79 Å². The quantitative estimate of drug-likeness (QED) is 0.921. The van der Waals surface area contributed by atoms with Crippen LogP contribution in [0.4, 0.5) is 0 Å². The Labute approximate surface area is 127 Å². The van der Waals surface area contributed by atoms with Gasteiger partial charge in [-0.3, -0.25) is 10.1 Å². The summed E-state index contributed by atoms with van der Waals surface area (Å²) in [5, 5.41) is 3.58. The van der Waals surface area contributed by atoms with Crippen LogP contribution in [0.5, 0.6) is 0 Å². The van der Waals surface area contributed by atoms with Gasteiger partial charge in [0, 0.05) is 6.54 Å². The van der Waals surface area contributed by atoms with Gasteiger partial charge in [-0.15, -0.1) is 0 Å². The van der Waals surface area contributed by atoms with Gasteiger partial charge in [0.15, 0.2) is 0 Å². The van der Waals surface area contributed by atoms with Crippen LogP contribution in [-0.2, 0) is 4.79 Å². The number of nitrogens with zero attached hydrogens (tertiary/aromatic N) is 1. The molecule has 3 rings (SSSR count). The van der Waals surface area contributed by atoms with E-state index in [1.54, 1.807) is 0 Å². The Morgan fingerprint density at radius 2 is 2.14 bits per heavy atom. The first kappa shape index (κ1) is 14.6. The minimum atomic E-state index is -0.424. The van der Waals surface area contributed by atoms with Crippen LogP contribution in [0.25, 0.3) is 0 Å². The second-order valence-electron chi connectivity index (χ2n) is 7.08. The normalized spacial score (nSPS) is 35.3. The molecule has 2 aliphatic rings. The zero-order valence-electron chi connectivity index (χ0n) is 13.5. The Bertz CT molecular complexity index is 556. The van der Waals surface area contributed by atoms with Crippen molar-refractivity contribution in [2.24, 2.45) is 11.8 Å². The van der Waals surface area contributed by atoms with Crippen molar-refractivity contribution in [2.75, 3.05) is 6.54 Å². The molecule has 1 aromatic carbocycles. The number of benzene rings is 1. The summed E-state index contributed by atoms with van der Waals surface area (Å²) in [6.07, 6.45) is 2.10. The van der Waals surface area contributed by atoms with Gasteiger partial charge in [0.25, 0.3) is 0 Å². The fraction of sp³-hybridized carbons (Fsp3) is 0.611. The molecule has 1 N–H and O–H groups in total. The highest BCUT2D eigenvalue weighted by atomic mass is 16.2. The fourth-order valence-corrected chi connectivity index (χ4v) is 3.33. The summed E-state index contributed by atoms with van der Waals surface area (Å²) in [7, 11) is 0. The maximum absolute atomic E-state index is 12.9. The molecule has 0 bridgehead atoms. The third kappa shape index (κ3) is 2.59. The van der Waals surface area contributed by atoms with Crippen molar-refractivity contribution in [3.05, 3.63) is 35.4 Å². The maximum atomic E-state index is 12.9. The second-order valence-corrected chi connectivity index (χ2v) is 7.08. The number of carbonyl (C=O) groups excluding carboxylic acids is 1. The molecule has 4 atom stereocenters. The first-order valence-electron chi connectivity index (χ1n) is 8.10. The van der Waals surface area contributed by atoms with Gasteiger partial charge in [-0.25, -0.2) is 0 Å². The van der Waals surface area contributed by atoms with Gasteiger partial charge in [0.1, 0.15) is 6.17 Å². The average molecular weight is 286 g/mol. The SMILES string of the molecule is CCC1(C)NC(c2cccc(C)c2)N(CC2CC2C)C1=O. The Balaban J connectivity index is 1.90. The van der Waals surface area contributed by atoms with Gasteiger partial charge >= 0.3 is 0 Å². The number of rotatable bonds is 4. The maximum Gasteiger partial charge on any atom is 0.244 e. The third-order valence-electron chi connectivity index (χ3n) is 5.27. The lowest BCUT2D eigenvalue weighted by atomic mass is 9.99. The highest BCUT2D eigenvalue weighted by Gasteiger charge is 2.49. The Morgan fingerprint density at radius 3 is 2.71 bits per heavy atom. The van der Waals surface area contributed by atoms with Gasteiger partial charge in [0.2, 0.25) is 5.91 Å². The molecule has 1 aliphatic carbocycles. The summed E-state index contributed by atoms with van der Waals surface area (Å²) in [5.74, 6) is 1.71. The molecule has 1 amide bonds. The van der Waals surface area contributed by atoms with E-state index >= 15 is 0 Å². The van der Waals surface area contributed by atoms with Crippen molar-refractivity contribution in [1.82, 2.24) is 10.2 Å². The average Bonchev–Trinajstić information content (AvgIpc) is 3.10. The monoisotopic (exact) mass is 286 g/mol. The molecule has 1 aromatic rings. The van der Waals surface area contributed by atoms with E-state index < -0.39 is 5.54 Å². The number of hydrogen-bond donors (Lipinski definition) is 1. The van der Waals surface area contributed by atoms with E-state index in [4.69, 9.17) is 0 Å². The number of hydrogen-bond acceptors (Lipinski definition) is 2. The van der Waals surface area contributed by atoms with E-state index in [0.717, 1.165) is 18.9 Å². The molecule has 1 saturated heterocycles. The lowest BCUT2D eigenvalue weighted by Gasteiger charge is -2.25. The van der Waals surface area contributed by atoms with E-state index in [2.05, 4.69) is 55.3 Å². The minimum Gasteiger partial charge on any atom is -0.321 e. The molecule has 3 nitrogen and oxygen atoms in total. The molecule has 21 heavy (non-hydrogen) atoms. The first-order valence-corrected chi connectivity index (χ1v) is 8.10. The Morgan fingerprint density at radius 1 is 1.43 bits per heavy atom. The zero-order valence-corrected chi connectivity index (χ0v) is 13.5. The number of carbonyl (C=O) groups is 1. The van der Waals surface area contributed by atoms with E-state index in [1.807, 2.05) is 6.92 Å². The van der Waals surface area contributed by atoms with E-state index in [-0.39, 0.29) is 12.1 Å². The van der Waals surface area contributed by atoms with Crippen LogP contribution in [0.3, 0.4) is 0 Å². The Hall–Kier alpha value is -1.35. The number of aryl methyl sites for hydroxylation is 1. The molecule has 0 radical (unpaired) electrons. The second kappa shape index (κ2) is 5.13. The van der Waals surface area contributed by atoms with E-state index in [1.165, 1.54) is 17.5 Å². The van der Waals surface area contributed by atoms with Gasteiger partial charge in [-0.2, -0.15) is 0 Å². The van der Waals surface area contributed by atoms with Crippen LogP contribution >= 0.6 is 0 Å². The standard InChI is InChI=1S/C18H26N2O/c1-5-18(4)17(21)20(11-15-10-13(15)3)16(19-18)14-8-6-7-12(2)9-14/h6-9,13,15-16,19H,5,10-11H2,1-4H3. The molecule has 114 valence electrons. The van der Waals surface area contributed by atoms with Crippen molar-refractivity contribution in [1.29, 1.82) is 0 Å². The number of nitrogens with one attached hydrogen (secondary N) is 1. The van der Waals surface area contributed by atoms with Crippen molar-refractivity contribution in [3.8, 4) is 0 Å².